The Morgan fingerprint density at radius 2 is 1.47 bits per heavy atom. The Balaban J connectivity index is 5.43. The molecular formula is C5H7Cl6O3P. The molecule has 0 heterocycles. The molecule has 3 nitrogen and oxygen atoms in total. The number of hydrogen-bond donors (Lipinski definition) is 2. The molecule has 0 rings (SSSR count). The third-order valence-electron chi connectivity index (χ3n) is 1.86. The minimum Gasteiger partial charge on any atom is -0.324 e. The van der Waals surface area contributed by atoms with Gasteiger partial charge < -0.3 is 9.79 Å². The molecule has 0 fully saturated rings. The van der Waals surface area contributed by atoms with Crippen LogP contribution in [0.25, 0.3) is 0 Å². The summed E-state index contributed by atoms with van der Waals surface area (Å²) in [6, 6.07) is 0. The van der Waals surface area contributed by atoms with Gasteiger partial charge in [0, 0.05) is 0 Å². The first-order valence-corrected chi connectivity index (χ1v) is 7.50. The van der Waals surface area contributed by atoms with Gasteiger partial charge in [0.2, 0.25) is 3.79 Å². The van der Waals surface area contributed by atoms with Gasteiger partial charge in [0.15, 0.2) is 0 Å². The maximum atomic E-state index is 11.0. The molecule has 92 valence electrons. The molecule has 0 spiro atoms. The van der Waals surface area contributed by atoms with Gasteiger partial charge >= 0.3 is 7.60 Å². The predicted molar refractivity (Wildman–Crippen MR) is 65.9 cm³/mol. The van der Waals surface area contributed by atoms with Gasteiger partial charge in [-0.1, -0.05) is 34.8 Å². The quantitative estimate of drug-likeness (QED) is 0.597. The Bertz CT molecular complexity index is 272. The van der Waals surface area contributed by atoms with Crippen LogP contribution in [-0.2, 0) is 4.57 Å². The average molecular weight is 359 g/mol. The average Bonchev–Trinajstić information content (AvgIpc) is 1.97. The highest BCUT2D eigenvalue weighted by atomic mass is 35.6. The number of alkyl halides is 6. The SMILES string of the molecule is CC(C(Cl)(C(Cl)Cl)C(Cl)(Cl)Cl)P(=O)(O)O. The highest BCUT2D eigenvalue weighted by Crippen LogP contribution is 2.59. The Labute approximate surface area is 117 Å². The molecule has 0 aromatic rings. The Hall–Kier alpha value is 1.89. The third kappa shape index (κ3) is 3.67. The summed E-state index contributed by atoms with van der Waals surface area (Å²) in [4.78, 5) is 14.4. The molecule has 0 radical (unpaired) electrons. The molecule has 0 aliphatic heterocycles. The van der Waals surface area contributed by atoms with Crippen molar-refractivity contribution in [1.29, 1.82) is 0 Å². The van der Waals surface area contributed by atoms with E-state index >= 15 is 0 Å². The summed E-state index contributed by atoms with van der Waals surface area (Å²) in [5, 5.41) is 0. The number of halogens is 6. The summed E-state index contributed by atoms with van der Waals surface area (Å²) in [5.41, 5.74) is -1.51. The van der Waals surface area contributed by atoms with Crippen molar-refractivity contribution in [3.05, 3.63) is 0 Å². The van der Waals surface area contributed by atoms with Crippen LogP contribution in [0.15, 0.2) is 0 Å². The van der Waals surface area contributed by atoms with Gasteiger partial charge in [0.1, 0.15) is 9.71 Å². The fourth-order valence-electron chi connectivity index (χ4n) is 0.788. The van der Waals surface area contributed by atoms with E-state index in [9.17, 15) is 4.57 Å². The Morgan fingerprint density at radius 3 is 1.53 bits per heavy atom. The second-order valence-corrected chi connectivity index (χ2v) is 8.79. The number of rotatable bonds is 3. The van der Waals surface area contributed by atoms with E-state index in [0.717, 1.165) is 6.92 Å². The predicted octanol–water partition coefficient (Wildman–Crippen LogP) is 3.70. The van der Waals surface area contributed by atoms with E-state index < -0.39 is 26.8 Å². The topological polar surface area (TPSA) is 57.5 Å². The fraction of sp³-hybridized carbons (Fsp3) is 1.00. The molecule has 0 saturated heterocycles. The van der Waals surface area contributed by atoms with E-state index in [1.165, 1.54) is 0 Å². The standard InChI is InChI=1S/C5H7Cl6O3P/c1-2(15(12,13)14)4(8,3(6)7)5(9,10)11/h2-3H,1H3,(H2,12,13,14). The lowest BCUT2D eigenvalue weighted by molar-refractivity contribution is 0.347. The largest absolute Gasteiger partial charge is 0.330 e. The summed E-state index contributed by atoms with van der Waals surface area (Å²) in [5.74, 6) is 0. The van der Waals surface area contributed by atoms with Crippen LogP contribution < -0.4 is 0 Å². The molecule has 0 aromatic carbocycles. The van der Waals surface area contributed by atoms with Crippen LogP contribution in [0.5, 0.6) is 0 Å². The molecule has 10 heteroatoms. The summed E-state index contributed by atoms with van der Waals surface area (Å²) in [6.45, 7) is 1.10. The zero-order valence-electron chi connectivity index (χ0n) is 7.17. The molecule has 0 saturated carbocycles. The van der Waals surface area contributed by atoms with Crippen LogP contribution in [0.4, 0.5) is 0 Å². The van der Waals surface area contributed by atoms with E-state index in [4.69, 9.17) is 79.4 Å². The summed E-state index contributed by atoms with van der Waals surface area (Å²) in [7, 11) is -4.58. The van der Waals surface area contributed by atoms with Gasteiger partial charge in [-0.05, 0) is 6.92 Å². The van der Waals surface area contributed by atoms with Gasteiger partial charge in [0.05, 0.1) is 5.66 Å². The second kappa shape index (κ2) is 5.26. The lowest BCUT2D eigenvalue weighted by Gasteiger charge is -2.39. The van der Waals surface area contributed by atoms with Gasteiger partial charge in [-0.3, -0.25) is 4.57 Å². The number of hydrogen-bond acceptors (Lipinski definition) is 1. The van der Waals surface area contributed by atoms with Crippen molar-refractivity contribution in [3.63, 3.8) is 0 Å². The molecule has 0 aliphatic rings. The summed E-state index contributed by atoms with van der Waals surface area (Å²) < 4.78 is 8.83. The van der Waals surface area contributed by atoms with Crippen molar-refractivity contribution in [2.45, 2.75) is 26.1 Å². The molecule has 0 amide bonds. The first-order valence-electron chi connectivity index (χ1n) is 3.44. The molecule has 2 atom stereocenters. The van der Waals surface area contributed by atoms with Gasteiger partial charge in [-0.25, -0.2) is 0 Å². The molecule has 2 unspecified atom stereocenters. The highest BCUT2D eigenvalue weighted by molar-refractivity contribution is 7.52. The Kier molecular flexibility index (Phi) is 5.92. The van der Waals surface area contributed by atoms with Crippen LogP contribution >= 0.6 is 77.2 Å². The molecular weight excluding hydrogens is 352 g/mol. The van der Waals surface area contributed by atoms with Crippen LogP contribution in [0.2, 0.25) is 0 Å². The first-order chi connectivity index (χ1) is 6.35. The van der Waals surface area contributed by atoms with Crippen molar-refractivity contribution in [2.24, 2.45) is 0 Å². The summed E-state index contributed by atoms with van der Waals surface area (Å²) in [6.07, 6.45) is 0. The molecule has 15 heavy (non-hydrogen) atoms. The molecule has 2 N–H and O–H groups in total. The lowest BCUT2D eigenvalue weighted by Crippen LogP contribution is -2.51. The van der Waals surface area contributed by atoms with Crippen LogP contribution in [0.3, 0.4) is 0 Å². The highest BCUT2D eigenvalue weighted by Gasteiger charge is 2.60. The van der Waals surface area contributed by atoms with E-state index in [1.807, 2.05) is 0 Å². The van der Waals surface area contributed by atoms with Crippen LogP contribution in [0.1, 0.15) is 6.92 Å². The minimum atomic E-state index is -4.58. The van der Waals surface area contributed by atoms with Gasteiger partial charge in [0.25, 0.3) is 0 Å². The summed E-state index contributed by atoms with van der Waals surface area (Å²) >= 11 is 33.4. The van der Waals surface area contributed by atoms with Gasteiger partial charge in [-0.2, -0.15) is 0 Å². The van der Waals surface area contributed by atoms with E-state index in [2.05, 4.69) is 0 Å². The molecule has 0 aromatic heterocycles. The van der Waals surface area contributed by atoms with E-state index in [-0.39, 0.29) is 0 Å². The van der Waals surface area contributed by atoms with Crippen molar-refractivity contribution < 1.29 is 14.4 Å². The lowest BCUT2D eigenvalue weighted by atomic mass is 10.1. The molecule has 0 bridgehead atoms. The van der Waals surface area contributed by atoms with E-state index in [1.54, 1.807) is 0 Å². The normalized spacial score (nSPS) is 20.1. The maximum Gasteiger partial charge on any atom is 0.330 e. The second-order valence-electron chi connectivity index (χ2n) is 2.83. The third-order valence-corrected chi connectivity index (χ3v) is 6.40. The first kappa shape index (κ1) is 16.9. The van der Waals surface area contributed by atoms with Gasteiger partial charge in [-0.15, -0.1) is 34.8 Å². The van der Waals surface area contributed by atoms with Crippen LogP contribution in [-0.4, -0.2) is 28.9 Å². The van der Waals surface area contributed by atoms with E-state index in [0.29, 0.717) is 0 Å². The van der Waals surface area contributed by atoms with Crippen molar-refractivity contribution in [2.75, 3.05) is 0 Å². The monoisotopic (exact) mass is 356 g/mol. The smallest absolute Gasteiger partial charge is 0.324 e. The van der Waals surface area contributed by atoms with Crippen molar-refractivity contribution >= 4 is 77.2 Å². The van der Waals surface area contributed by atoms with Crippen molar-refractivity contribution in [1.82, 2.24) is 0 Å². The maximum absolute atomic E-state index is 11.0. The fourth-order valence-corrected chi connectivity index (χ4v) is 4.26. The van der Waals surface area contributed by atoms with Crippen LogP contribution in [0, 0.1) is 0 Å². The molecule has 0 aliphatic carbocycles. The van der Waals surface area contributed by atoms with Crippen molar-refractivity contribution in [3.8, 4) is 0 Å². The zero-order valence-corrected chi connectivity index (χ0v) is 12.6. The zero-order chi connectivity index (χ0) is 12.7. The Morgan fingerprint density at radius 1 is 1.13 bits per heavy atom. The minimum absolute atomic E-state index is 1.10.